The summed E-state index contributed by atoms with van der Waals surface area (Å²) in [6, 6.07) is 21.3. The van der Waals surface area contributed by atoms with Gasteiger partial charge in [0.2, 0.25) is 5.91 Å². The van der Waals surface area contributed by atoms with Crippen molar-refractivity contribution in [1.29, 1.82) is 0 Å². The van der Waals surface area contributed by atoms with Gasteiger partial charge >= 0.3 is 0 Å². The lowest BCUT2D eigenvalue weighted by Crippen LogP contribution is -2.38. The lowest BCUT2D eigenvalue weighted by atomic mass is 9.96. The summed E-state index contributed by atoms with van der Waals surface area (Å²) >= 11 is 0.838. The van der Waals surface area contributed by atoms with E-state index >= 15 is 0 Å². The van der Waals surface area contributed by atoms with Gasteiger partial charge in [-0.05, 0) is 57.8 Å². The Bertz CT molecular complexity index is 1260. The molecule has 0 bridgehead atoms. The Labute approximate surface area is 194 Å². The van der Waals surface area contributed by atoms with Crippen molar-refractivity contribution in [3.05, 3.63) is 100 Å². The molecule has 0 saturated carbocycles. The highest BCUT2D eigenvalue weighted by atomic mass is 32.2. The number of hydrogen-bond donors (Lipinski definition) is 1. The third kappa shape index (κ3) is 3.96. The van der Waals surface area contributed by atoms with Crippen LogP contribution in [0.4, 0.5) is 9.18 Å². The Hall–Kier alpha value is -3.71. The standard InChI is InChI=1S/C26H19FN2O3S/c27-17-11-9-16(10-12-17)15-22-25(31)29(26(32)33-22)14-13-28-24(30)23-20-7-3-1-5-18(20)19-6-2-4-8-21(19)23/h1-12,15,23H,13-14H2,(H,28,30). The largest absolute Gasteiger partial charge is 0.353 e. The zero-order chi connectivity index (χ0) is 22.9. The summed E-state index contributed by atoms with van der Waals surface area (Å²) in [5.74, 6) is -1.38. The summed E-state index contributed by atoms with van der Waals surface area (Å²) < 4.78 is 13.1. The zero-order valence-electron chi connectivity index (χ0n) is 17.5. The number of amides is 3. The molecule has 0 radical (unpaired) electrons. The van der Waals surface area contributed by atoms with Gasteiger partial charge in [-0.1, -0.05) is 60.7 Å². The van der Waals surface area contributed by atoms with Gasteiger partial charge in [-0.2, -0.15) is 0 Å². The van der Waals surface area contributed by atoms with Gasteiger partial charge in [0.25, 0.3) is 11.1 Å². The molecule has 3 amide bonds. The Morgan fingerprint density at radius 2 is 1.55 bits per heavy atom. The van der Waals surface area contributed by atoms with E-state index in [-0.39, 0.29) is 35.0 Å². The van der Waals surface area contributed by atoms with E-state index in [4.69, 9.17) is 0 Å². The van der Waals surface area contributed by atoms with Crippen molar-refractivity contribution in [3.63, 3.8) is 0 Å². The minimum Gasteiger partial charge on any atom is -0.353 e. The molecular formula is C26H19FN2O3S. The van der Waals surface area contributed by atoms with Gasteiger partial charge in [-0.3, -0.25) is 19.3 Å². The first-order valence-electron chi connectivity index (χ1n) is 10.5. The number of nitrogens with one attached hydrogen (secondary N) is 1. The quantitative estimate of drug-likeness (QED) is 0.559. The van der Waals surface area contributed by atoms with Crippen molar-refractivity contribution in [2.45, 2.75) is 5.92 Å². The summed E-state index contributed by atoms with van der Waals surface area (Å²) in [4.78, 5) is 39.5. The van der Waals surface area contributed by atoms with Crippen LogP contribution in [0.3, 0.4) is 0 Å². The number of thioether (sulfide) groups is 1. The molecule has 1 aliphatic carbocycles. The van der Waals surface area contributed by atoms with Crippen molar-refractivity contribution < 1.29 is 18.8 Å². The first-order valence-corrected chi connectivity index (χ1v) is 11.3. The molecule has 1 saturated heterocycles. The predicted octanol–water partition coefficient (Wildman–Crippen LogP) is 4.79. The van der Waals surface area contributed by atoms with Crippen LogP contribution in [0.5, 0.6) is 0 Å². The number of carbonyl (C=O) groups excluding carboxylic acids is 3. The van der Waals surface area contributed by atoms with Crippen LogP contribution in [0.2, 0.25) is 0 Å². The molecule has 2 aliphatic rings. The molecule has 5 nitrogen and oxygen atoms in total. The van der Waals surface area contributed by atoms with Gasteiger partial charge in [-0.25, -0.2) is 4.39 Å². The van der Waals surface area contributed by atoms with Crippen LogP contribution < -0.4 is 5.32 Å². The zero-order valence-corrected chi connectivity index (χ0v) is 18.3. The van der Waals surface area contributed by atoms with Gasteiger partial charge in [0.15, 0.2) is 0 Å². The minimum absolute atomic E-state index is 0.0766. The van der Waals surface area contributed by atoms with E-state index in [2.05, 4.69) is 5.32 Å². The number of benzene rings is 3. The van der Waals surface area contributed by atoms with Gasteiger partial charge in [0, 0.05) is 13.1 Å². The molecule has 0 atom stereocenters. The lowest BCUT2D eigenvalue weighted by Gasteiger charge is -2.16. The van der Waals surface area contributed by atoms with Crippen molar-refractivity contribution >= 4 is 34.9 Å². The predicted molar refractivity (Wildman–Crippen MR) is 126 cm³/mol. The fourth-order valence-electron chi connectivity index (χ4n) is 4.23. The van der Waals surface area contributed by atoms with Crippen LogP contribution in [0.25, 0.3) is 17.2 Å². The molecule has 0 unspecified atom stereocenters. The van der Waals surface area contributed by atoms with Crippen molar-refractivity contribution in [2.75, 3.05) is 13.1 Å². The molecule has 3 aromatic rings. The monoisotopic (exact) mass is 458 g/mol. The summed E-state index contributed by atoms with van der Waals surface area (Å²) in [6.45, 7) is 0.231. The average Bonchev–Trinajstić information content (AvgIpc) is 3.29. The van der Waals surface area contributed by atoms with E-state index in [0.29, 0.717) is 5.56 Å². The highest BCUT2D eigenvalue weighted by molar-refractivity contribution is 8.18. The fraction of sp³-hybridized carbons (Fsp3) is 0.115. The first-order chi connectivity index (χ1) is 16.0. The van der Waals surface area contributed by atoms with E-state index in [1.54, 1.807) is 18.2 Å². The maximum Gasteiger partial charge on any atom is 0.293 e. The number of hydrogen-bond acceptors (Lipinski definition) is 4. The SMILES string of the molecule is O=C(NCCN1C(=O)SC(=Cc2ccc(F)cc2)C1=O)C1c2ccccc2-c2ccccc21. The highest BCUT2D eigenvalue weighted by Gasteiger charge is 2.36. The molecule has 1 N–H and O–H groups in total. The van der Waals surface area contributed by atoms with Crippen LogP contribution in [0.1, 0.15) is 22.6 Å². The second-order valence-electron chi connectivity index (χ2n) is 7.78. The van der Waals surface area contributed by atoms with Gasteiger partial charge in [-0.15, -0.1) is 0 Å². The summed E-state index contributed by atoms with van der Waals surface area (Å²) in [6.07, 6.45) is 1.56. The summed E-state index contributed by atoms with van der Waals surface area (Å²) in [5.41, 5.74) is 4.62. The minimum atomic E-state index is -0.425. The fourth-order valence-corrected chi connectivity index (χ4v) is 5.10. The third-order valence-electron chi connectivity index (χ3n) is 5.77. The average molecular weight is 459 g/mol. The maximum absolute atomic E-state index is 13.1. The summed E-state index contributed by atoms with van der Waals surface area (Å²) in [7, 11) is 0. The molecule has 7 heteroatoms. The highest BCUT2D eigenvalue weighted by Crippen LogP contribution is 2.44. The number of nitrogens with zero attached hydrogens (tertiary/aromatic N) is 1. The lowest BCUT2D eigenvalue weighted by molar-refractivity contribution is -0.124. The Morgan fingerprint density at radius 1 is 0.939 bits per heavy atom. The molecule has 1 heterocycles. The van der Waals surface area contributed by atoms with E-state index in [9.17, 15) is 18.8 Å². The smallest absolute Gasteiger partial charge is 0.293 e. The van der Waals surface area contributed by atoms with Crippen molar-refractivity contribution in [1.82, 2.24) is 10.2 Å². The van der Waals surface area contributed by atoms with Gasteiger partial charge in [0.05, 0.1) is 10.8 Å². The Kier molecular flexibility index (Phi) is 5.56. The number of carbonyl (C=O) groups is 3. The molecule has 33 heavy (non-hydrogen) atoms. The van der Waals surface area contributed by atoms with Crippen LogP contribution in [0, 0.1) is 5.82 Å². The number of imide groups is 1. The maximum atomic E-state index is 13.1. The molecule has 3 aromatic carbocycles. The molecule has 0 aromatic heterocycles. The molecule has 1 fully saturated rings. The normalized spacial score (nSPS) is 16.3. The van der Waals surface area contributed by atoms with E-state index in [1.165, 1.54) is 12.1 Å². The van der Waals surface area contributed by atoms with Crippen LogP contribution in [-0.4, -0.2) is 35.0 Å². The Morgan fingerprint density at radius 3 is 2.18 bits per heavy atom. The first kappa shape index (κ1) is 21.2. The second kappa shape index (κ2) is 8.67. The molecule has 5 rings (SSSR count). The van der Waals surface area contributed by atoms with Crippen LogP contribution in [-0.2, 0) is 9.59 Å². The van der Waals surface area contributed by atoms with Crippen LogP contribution in [0.15, 0.2) is 77.7 Å². The molecular weight excluding hydrogens is 439 g/mol. The molecule has 1 aliphatic heterocycles. The van der Waals surface area contributed by atoms with Crippen molar-refractivity contribution in [3.8, 4) is 11.1 Å². The van der Waals surface area contributed by atoms with Crippen LogP contribution >= 0.6 is 11.8 Å². The number of rotatable bonds is 5. The second-order valence-corrected chi connectivity index (χ2v) is 8.78. The van der Waals surface area contributed by atoms with E-state index in [0.717, 1.165) is 38.9 Å². The Balaban J connectivity index is 1.26. The summed E-state index contributed by atoms with van der Waals surface area (Å²) in [5, 5.41) is 2.50. The van der Waals surface area contributed by atoms with Gasteiger partial charge in [0.1, 0.15) is 5.82 Å². The number of fused-ring (bicyclic) bond motifs is 3. The molecule has 0 spiro atoms. The third-order valence-corrected chi connectivity index (χ3v) is 6.68. The molecule has 164 valence electrons. The van der Waals surface area contributed by atoms with E-state index < -0.39 is 11.8 Å². The van der Waals surface area contributed by atoms with Crippen molar-refractivity contribution in [2.24, 2.45) is 0 Å². The number of halogens is 1. The topological polar surface area (TPSA) is 66.5 Å². The van der Waals surface area contributed by atoms with Gasteiger partial charge < -0.3 is 5.32 Å². The van der Waals surface area contributed by atoms with E-state index in [1.807, 2.05) is 48.5 Å².